The largest absolute Gasteiger partial charge is 0.490 e. The molecule has 0 saturated carbocycles. The molecule has 5 nitrogen and oxygen atoms in total. The molecule has 0 aromatic heterocycles. The standard InChI is InChI=1S/C23H20BrFN2O3/c1-2-29-21-12-18(14-26-27-23(28)17-8-10-19(25)11-9-17)20(24)13-22(21)30-15-16-6-4-3-5-7-16/h3-14H,2,15H2,1H3,(H,27,28)/b26-14-. The van der Waals surface area contributed by atoms with Crippen LogP contribution in [0.4, 0.5) is 4.39 Å². The second kappa shape index (κ2) is 10.5. The van der Waals surface area contributed by atoms with Gasteiger partial charge in [0.25, 0.3) is 5.91 Å². The fourth-order valence-electron chi connectivity index (χ4n) is 2.59. The predicted octanol–water partition coefficient (Wildman–Crippen LogP) is 5.33. The van der Waals surface area contributed by atoms with E-state index in [4.69, 9.17) is 9.47 Å². The molecule has 0 saturated heterocycles. The predicted molar refractivity (Wildman–Crippen MR) is 118 cm³/mol. The lowest BCUT2D eigenvalue weighted by Crippen LogP contribution is -2.17. The van der Waals surface area contributed by atoms with Crippen LogP contribution < -0.4 is 14.9 Å². The van der Waals surface area contributed by atoms with E-state index < -0.39 is 11.7 Å². The van der Waals surface area contributed by atoms with Gasteiger partial charge in [0.05, 0.1) is 12.8 Å². The second-order valence-corrected chi connectivity index (χ2v) is 7.09. The number of amides is 1. The van der Waals surface area contributed by atoms with Crippen molar-refractivity contribution in [1.82, 2.24) is 5.43 Å². The summed E-state index contributed by atoms with van der Waals surface area (Å²) >= 11 is 3.50. The van der Waals surface area contributed by atoms with Crippen molar-refractivity contribution in [3.05, 3.63) is 93.7 Å². The van der Waals surface area contributed by atoms with Crippen molar-refractivity contribution < 1.29 is 18.7 Å². The molecule has 0 heterocycles. The van der Waals surface area contributed by atoms with Gasteiger partial charge in [-0.1, -0.05) is 30.3 Å². The smallest absolute Gasteiger partial charge is 0.271 e. The molecule has 0 bridgehead atoms. The first-order valence-corrected chi connectivity index (χ1v) is 10.1. The summed E-state index contributed by atoms with van der Waals surface area (Å²) in [5.74, 6) is 0.329. The van der Waals surface area contributed by atoms with Crippen LogP contribution in [0.3, 0.4) is 0 Å². The Hall–Kier alpha value is -3.19. The highest BCUT2D eigenvalue weighted by molar-refractivity contribution is 9.10. The lowest BCUT2D eigenvalue weighted by atomic mass is 10.2. The molecular formula is C23H20BrFN2O3. The average Bonchev–Trinajstić information content (AvgIpc) is 2.76. The van der Waals surface area contributed by atoms with E-state index in [2.05, 4.69) is 26.5 Å². The van der Waals surface area contributed by atoms with Crippen molar-refractivity contribution >= 4 is 28.1 Å². The van der Waals surface area contributed by atoms with E-state index in [0.29, 0.717) is 35.8 Å². The molecule has 0 aliphatic rings. The van der Waals surface area contributed by atoms with Crippen molar-refractivity contribution in [3.8, 4) is 11.5 Å². The normalized spacial score (nSPS) is 10.8. The topological polar surface area (TPSA) is 59.9 Å². The zero-order valence-electron chi connectivity index (χ0n) is 16.3. The molecule has 3 rings (SSSR count). The Kier molecular flexibility index (Phi) is 7.57. The monoisotopic (exact) mass is 470 g/mol. The number of hydrogen-bond acceptors (Lipinski definition) is 4. The van der Waals surface area contributed by atoms with Gasteiger partial charge in [0, 0.05) is 15.6 Å². The van der Waals surface area contributed by atoms with Crippen molar-refractivity contribution in [2.45, 2.75) is 13.5 Å². The Morgan fingerprint density at radius 1 is 1.07 bits per heavy atom. The molecular weight excluding hydrogens is 451 g/mol. The minimum absolute atomic E-state index is 0.312. The molecule has 1 N–H and O–H groups in total. The van der Waals surface area contributed by atoms with Gasteiger partial charge in [-0.25, -0.2) is 9.82 Å². The Balaban J connectivity index is 1.71. The number of carbonyl (C=O) groups excluding carboxylic acids is 1. The molecule has 0 unspecified atom stereocenters. The lowest BCUT2D eigenvalue weighted by Gasteiger charge is -2.14. The Morgan fingerprint density at radius 3 is 2.47 bits per heavy atom. The minimum Gasteiger partial charge on any atom is -0.490 e. The molecule has 0 spiro atoms. The molecule has 0 aliphatic heterocycles. The number of ether oxygens (including phenoxy) is 2. The van der Waals surface area contributed by atoms with E-state index in [1.807, 2.05) is 37.3 Å². The summed E-state index contributed by atoms with van der Waals surface area (Å²) < 4.78 is 25.3. The average molecular weight is 471 g/mol. The number of hydrazone groups is 1. The first-order valence-electron chi connectivity index (χ1n) is 9.29. The van der Waals surface area contributed by atoms with E-state index in [1.165, 1.54) is 30.5 Å². The number of halogens is 2. The lowest BCUT2D eigenvalue weighted by molar-refractivity contribution is 0.0955. The molecule has 0 atom stereocenters. The highest BCUT2D eigenvalue weighted by atomic mass is 79.9. The highest BCUT2D eigenvalue weighted by Crippen LogP contribution is 2.33. The van der Waals surface area contributed by atoms with Crippen LogP contribution in [0, 0.1) is 5.82 Å². The maximum absolute atomic E-state index is 13.0. The number of carbonyl (C=O) groups is 1. The van der Waals surface area contributed by atoms with Gasteiger partial charge in [0.1, 0.15) is 12.4 Å². The van der Waals surface area contributed by atoms with E-state index >= 15 is 0 Å². The first-order chi connectivity index (χ1) is 14.6. The molecule has 154 valence electrons. The van der Waals surface area contributed by atoms with Crippen molar-refractivity contribution in [2.24, 2.45) is 5.10 Å². The Labute approximate surface area is 182 Å². The highest BCUT2D eigenvalue weighted by Gasteiger charge is 2.11. The van der Waals surface area contributed by atoms with Crippen LogP contribution in [0.5, 0.6) is 11.5 Å². The molecule has 1 amide bonds. The number of nitrogens with one attached hydrogen (secondary N) is 1. The number of rotatable bonds is 8. The third-order valence-electron chi connectivity index (χ3n) is 4.08. The Bertz CT molecular complexity index is 1020. The van der Waals surface area contributed by atoms with Gasteiger partial charge in [-0.3, -0.25) is 4.79 Å². The van der Waals surface area contributed by atoms with Crippen LogP contribution in [0.2, 0.25) is 0 Å². The van der Waals surface area contributed by atoms with Crippen molar-refractivity contribution in [3.63, 3.8) is 0 Å². The molecule has 0 radical (unpaired) electrons. The van der Waals surface area contributed by atoms with Crippen LogP contribution in [-0.2, 0) is 6.61 Å². The van der Waals surface area contributed by atoms with Gasteiger partial charge in [0.15, 0.2) is 11.5 Å². The number of hydrogen-bond donors (Lipinski definition) is 1. The van der Waals surface area contributed by atoms with E-state index in [0.717, 1.165) is 10.0 Å². The van der Waals surface area contributed by atoms with Gasteiger partial charge >= 0.3 is 0 Å². The fraction of sp³-hybridized carbons (Fsp3) is 0.130. The van der Waals surface area contributed by atoms with Crippen LogP contribution in [-0.4, -0.2) is 18.7 Å². The maximum atomic E-state index is 13.0. The summed E-state index contributed by atoms with van der Waals surface area (Å²) in [6.07, 6.45) is 1.50. The van der Waals surface area contributed by atoms with Gasteiger partial charge in [-0.2, -0.15) is 5.10 Å². The summed E-state index contributed by atoms with van der Waals surface area (Å²) in [4.78, 5) is 12.1. The van der Waals surface area contributed by atoms with Gasteiger partial charge in [0.2, 0.25) is 0 Å². The van der Waals surface area contributed by atoms with Crippen LogP contribution in [0.15, 0.2) is 76.3 Å². The number of nitrogens with zero attached hydrogens (tertiary/aromatic N) is 1. The summed E-state index contributed by atoms with van der Waals surface area (Å²) in [6.45, 7) is 2.77. The maximum Gasteiger partial charge on any atom is 0.271 e. The van der Waals surface area contributed by atoms with E-state index in [1.54, 1.807) is 12.1 Å². The molecule has 0 aliphatic carbocycles. The minimum atomic E-state index is -0.435. The van der Waals surface area contributed by atoms with Crippen LogP contribution in [0.25, 0.3) is 0 Å². The summed E-state index contributed by atoms with van der Waals surface area (Å²) in [5, 5.41) is 3.98. The SMILES string of the molecule is CCOc1cc(/C=N\NC(=O)c2ccc(F)cc2)c(Br)cc1OCc1ccccc1. The van der Waals surface area contributed by atoms with Crippen LogP contribution in [0.1, 0.15) is 28.4 Å². The van der Waals surface area contributed by atoms with Gasteiger partial charge in [-0.15, -0.1) is 0 Å². The van der Waals surface area contributed by atoms with E-state index in [-0.39, 0.29) is 0 Å². The third-order valence-corrected chi connectivity index (χ3v) is 4.76. The van der Waals surface area contributed by atoms with Gasteiger partial charge in [-0.05, 0) is 64.8 Å². The number of benzene rings is 3. The fourth-order valence-corrected chi connectivity index (χ4v) is 3.02. The molecule has 7 heteroatoms. The molecule has 3 aromatic carbocycles. The van der Waals surface area contributed by atoms with Gasteiger partial charge < -0.3 is 9.47 Å². The summed E-state index contributed by atoms with van der Waals surface area (Å²) in [5.41, 5.74) is 4.48. The van der Waals surface area contributed by atoms with Crippen molar-refractivity contribution in [2.75, 3.05) is 6.61 Å². The summed E-state index contributed by atoms with van der Waals surface area (Å²) in [6, 6.07) is 18.6. The van der Waals surface area contributed by atoms with Crippen molar-refractivity contribution in [1.29, 1.82) is 0 Å². The quantitative estimate of drug-likeness (QED) is 0.357. The van der Waals surface area contributed by atoms with Crippen LogP contribution >= 0.6 is 15.9 Å². The molecule has 30 heavy (non-hydrogen) atoms. The van der Waals surface area contributed by atoms with E-state index in [9.17, 15) is 9.18 Å². The zero-order chi connectivity index (χ0) is 21.3. The molecule has 0 fully saturated rings. The Morgan fingerprint density at radius 2 is 1.77 bits per heavy atom. The first kappa shape index (κ1) is 21.5. The zero-order valence-corrected chi connectivity index (χ0v) is 17.9. The summed E-state index contributed by atoms with van der Waals surface area (Å²) in [7, 11) is 0. The molecule has 3 aromatic rings. The third kappa shape index (κ3) is 5.90. The second-order valence-electron chi connectivity index (χ2n) is 6.23.